The van der Waals surface area contributed by atoms with Crippen molar-refractivity contribution in [2.24, 2.45) is 5.92 Å². The quantitative estimate of drug-likeness (QED) is 0.550. The van der Waals surface area contributed by atoms with Gasteiger partial charge in [0.25, 0.3) is 0 Å². The van der Waals surface area contributed by atoms with Gasteiger partial charge in [-0.05, 0) is 6.92 Å². The molecule has 0 saturated carbocycles. The Morgan fingerprint density at radius 1 is 1.75 bits per heavy atom. The highest BCUT2D eigenvalue weighted by atomic mass is 16.5. The Morgan fingerprint density at radius 2 is 2.42 bits per heavy atom. The summed E-state index contributed by atoms with van der Waals surface area (Å²) in [5.41, 5.74) is 0. The summed E-state index contributed by atoms with van der Waals surface area (Å²) in [6.07, 6.45) is 0.301. The molecule has 1 atom stereocenters. The van der Waals surface area contributed by atoms with Crippen molar-refractivity contribution in [3.05, 3.63) is 0 Å². The molecule has 1 saturated heterocycles. The van der Waals surface area contributed by atoms with Crippen molar-refractivity contribution in [1.82, 2.24) is 4.90 Å². The lowest BCUT2D eigenvalue weighted by Gasteiger charge is -2.08. The number of ether oxygens (including phenoxy) is 1. The van der Waals surface area contributed by atoms with Crippen LogP contribution in [0.15, 0.2) is 0 Å². The minimum absolute atomic E-state index is 0.0213. The van der Waals surface area contributed by atoms with E-state index in [0.29, 0.717) is 19.6 Å². The summed E-state index contributed by atoms with van der Waals surface area (Å²) in [6.45, 7) is 2.64. The first-order chi connectivity index (χ1) is 5.65. The Hall–Kier alpha value is -1.06. The number of likely N-dealkylation sites (tertiary alicyclic amines) is 1. The number of esters is 1. The summed E-state index contributed by atoms with van der Waals surface area (Å²) in [5, 5.41) is 0. The van der Waals surface area contributed by atoms with Crippen LogP contribution in [0.4, 0.5) is 0 Å². The van der Waals surface area contributed by atoms with Gasteiger partial charge in [-0.2, -0.15) is 0 Å². The minimum atomic E-state index is -0.254. The standard InChI is InChI=1S/C8H13NO3/c1-3-12-8(11)6-4-7(10)9(2)5-6/h6H,3-5H2,1-2H3/t6-/m1/s1. The van der Waals surface area contributed by atoms with Crippen LogP contribution >= 0.6 is 0 Å². The van der Waals surface area contributed by atoms with E-state index in [0.717, 1.165) is 0 Å². The minimum Gasteiger partial charge on any atom is -0.466 e. The number of hydrogen-bond acceptors (Lipinski definition) is 3. The second kappa shape index (κ2) is 3.56. The van der Waals surface area contributed by atoms with E-state index < -0.39 is 0 Å². The predicted octanol–water partition coefficient (Wildman–Crippen LogP) is 0.0278. The Morgan fingerprint density at radius 3 is 2.83 bits per heavy atom. The summed E-state index contributed by atoms with van der Waals surface area (Å²) in [6, 6.07) is 0. The summed E-state index contributed by atoms with van der Waals surface area (Å²) in [4.78, 5) is 23.7. The number of amides is 1. The third-order valence-electron chi connectivity index (χ3n) is 1.96. The van der Waals surface area contributed by atoms with E-state index in [4.69, 9.17) is 4.74 Å². The summed E-state index contributed by atoms with van der Waals surface area (Å²) < 4.78 is 4.80. The summed E-state index contributed by atoms with van der Waals surface area (Å²) >= 11 is 0. The molecule has 0 radical (unpaired) electrons. The van der Waals surface area contributed by atoms with Gasteiger partial charge in [-0.15, -0.1) is 0 Å². The normalized spacial score (nSPS) is 23.0. The van der Waals surface area contributed by atoms with E-state index in [1.807, 2.05) is 0 Å². The number of carbonyl (C=O) groups is 2. The monoisotopic (exact) mass is 171 g/mol. The molecule has 1 amide bonds. The van der Waals surface area contributed by atoms with Gasteiger partial charge in [0, 0.05) is 20.0 Å². The third-order valence-corrected chi connectivity index (χ3v) is 1.96. The van der Waals surface area contributed by atoms with Crippen LogP contribution in [0, 0.1) is 5.92 Å². The Labute approximate surface area is 71.5 Å². The van der Waals surface area contributed by atoms with Crippen molar-refractivity contribution in [2.75, 3.05) is 20.2 Å². The van der Waals surface area contributed by atoms with Crippen LogP contribution in [0.3, 0.4) is 0 Å². The number of carbonyl (C=O) groups excluding carboxylic acids is 2. The molecule has 12 heavy (non-hydrogen) atoms. The zero-order chi connectivity index (χ0) is 9.14. The highest BCUT2D eigenvalue weighted by Gasteiger charge is 2.32. The molecule has 1 aliphatic rings. The molecule has 0 N–H and O–H groups in total. The molecular weight excluding hydrogens is 158 g/mol. The first-order valence-electron chi connectivity index (χ1n) is 4.05. The van der Waals surface area contributed by atoms with Crippen molar-refractivity contribution in [3.8, 4) is 0 Å². The second-order valence-corrected chi connectivity index (χ2v) is 2.93. The number of nitrogens with zero attached hydrogens (tertiary/aromatic N) is 1. The fourth-order valence-corrected chi connectivity index (χ4v) is 1.28. The SMILES string of the molecule is CCOC(=O)[C@@H]1CC(=O)N(C)C1. The summed E-state index contributed by atoms with van der Waals surface area (Å²) in [7, 11) is 1.70. The maximum atomic E-state index is 11.1. The molecule has 68 valence electrons. The molecule has 0 aromatic rings. The molecule has 0 aromatic heterocycles. The molecule has 0 spiro atoms. The Kier molecular flexibility index (Phi) is 2.68. The second-order valence-electron chi connectivity index (χ2n) is 2.93. The van der Waals surface area contributed by atoms with Crippen LogP contribution in [0.1, 0.15) is 13.3 Å². The van der Waals surface area contributed by atoms with Gasteiger partial charge in [0.05, 0.1) is 12.5 Å². The molecule has 4 nitrogen and oxygen atoms in total. The zero-order valence-electron chi connectivity index (χ0n) is 7.37. The van der Waals surface area contributed by atoms with Crippen molar-refractivity contribution in [2.45, 2.75) is 13.3 Å². The summed E-state index contributed by atoms with van der Waals surface area (Å²) in [5.74, 6) is -0.481. The van der Waals surface area contributed by atoms with Gasteiger partial charge in [0.2, 0.25) is 5.91 Å². The van der Waals surface area contributed by atoms with Crippen molar-refractivity contribution in [3.63, 3.8) is 0 Å². The average molecular weight is 171 g/mol. The molecular formula is C8H13NO3. The van der Waals surface area contributed by atoms with E-state index in [9.17, 15) is 9.59 Å². The van der Waals surface area contributed by atoms with Crippen LogP contribution in [0.25, 0.3) is 0 Å². The molecule has 0 aromatic carbocycles. The predicted molar refractivity (Wildman–Crippen MR) is 42.4 cm³/mol. The smallest absolute Gasteiger partial charge is 0.311 e. The lowest BCUT2D eigenvalue weighted by molar-refractivity contribution is -0.147. The van der Waals surface area contributed by atoms with Gasteiger partial charge in [-0.1, -0.05) is 0 Å². The molecule has 0 bridgehead atoms. The Balaban J connectivity index is 2.46. The maximum absolute atomic E-state index is 11.1. The maximum Gasteiger partial charge on any atom is 0.311 e. The molecule has 0 aliphatic carbocycles. The number of hydrogen-bond donors (Lipinski definition) is 0. The third kappa shape index (κ3) is 1.75. The van der Waals surface area contributed by atoms with E-state index in [-0.39, 0.29) is 17.8 Å². The lowest BCUT2D eigenvalue weighted by Crippen LogP contribution is -2.22. The van der Waals surface area contributed by atoms with Crippen molar-refractivity contribution >= 4 is 11.9 Å². The van der Waals surface area contributed by atoms with E-state index in [1.165, 1.54) is 0 Å². The molecule has 4 heteroatoms. The molecule has 1 aliphatic heterocycles. The van der Waals surface area contributed by atoms with E-state index in [2.05, 4.69) is 0 Å². The zero-order valence-corrected chi connectivity index (χ0v) is 7.37. The van der Waals surface area contributed by atoms with Gasteiger partial charge in [0.15, 0.2) is 0 Å². The Bertz CT molecular complexity index is 202. The molecule has 1 heterocycles. The van der Waals surface area contributed by atoms with Gasteiger partial charge in [-0.3, -0.25) is 9.59 Å². The molecule has 1 rings (SSSR count). The topological polar surface area (TPSA) is 46.6 Å². The van der Waals surface area contributed by atoms with E-state index in [1.54, 1.807) is 18.9 Å². The molecule has 1 fully saturated rings. The fraction of sp³-hybridized carbons (Fsp3) is 0.750. The lowest BCUT2D eigenvalue weighted by atomic mass is 10.1. The van der Waals surface area contributed by atoms with Gasteiger partial charge < -0.3 is 9.64 Å². The van der Waals surface area contributed by atoms with Crippen LogP contribution < -0.4 is 0 Å². The van der Waals surface area contributed by atoms with Gasteiger partial charge >= 0.3 is 5.97 Å². The van der Waals surface area contributed by atoms with Gasteiger partial charge in [0.1, 0.15) is 0 Å². The van der Waals surface area contributed by atoms with Gasteiger partial charge in [-0.25, -0.2) is 0 Å². The fourth-order valence-electron chi connectivity index (χ4n) is 1.28. The van der Waals surface area contributed by atoms with Crippen molar-refractivity contribution < 1.29 is 14.3 Å². The number of rotatable bonds is 2. The first-order valence-corrected chi connectivity index (χ1v) is 4.05. The molecule has 0 unspecified atom stereocenters. The first kappa shape index (κ1) is 9.03. The van der Waals surface area contributed by atoms with E-state index >= 15 is 0 Å². The average Bonchev–Trinajstić information content (AvgIpc) is 2.33. The van der Waals surface area contributed by atoms with Crippen LogP contribution in [-0.4, -0.2) is 37.0 Å². The van der Waals surface area contributed by atoms with Crippen molar-refractivity contribution in [1.29, 1.82) is 0 Å². The van der Waals surface area contributed by atoms with Crippen LogP contribution in [0.5, 0.6) is 0 Å². The highest BCUT2D eigenvalue weighted by molar-refractivity contribution is 5.86. The highest BCUT2D eigenvalue weighted by Crippen LogP contribution is 2.16. The van der Waals surface area contributed by atoms with Crippen LogP contribution in [-0.2, 0) is 14.3 Å². The largest absolute Gasteiger partial charge is 0.466 e. The van der Waals surface area contributed by atoms with Crippen LogP contribution in [0.2, 0.25) is 0 Å².